The van der Waals surface area contributed by atoms with Crippen molar-refractivity contribution in [3.05, 3.63) is 94.6 Å². The van der Waals surface area contributed by atoms with E-state index in [1.165, 1.54) is 24.3 Å². The standard InChI is InChI=1S/C37H40F4O4/c1-3-5-31(42)30-19-18-28(33(38)35(30)40)25-14-16-27(17-15-25)45-37(43)26-12-8-23(9-13-26)22-6-10-24(11-7-22)29-20-21-32(44-4-2)36(41)34(29)39/h6-7,10-11,14,18-21,23,26-27,31,42H,3-5,8-9,12-13,15-17H2,1-2H3. The lowest BCUT2D eigenvalue weighted by Gasteiger charge is -2.30. The lowest BCUT2D eigenvalue weighted by molar-refractivity contribution is -0.155. The van der Waals surface area contributed by atoms with Gasteiger partial charge in [-0.2, -0.15) is 4.39 Å². The summed E-state index contributed by atoms with van der Waals surface area (Å²) in [7, 11) is 0. The van der Waals surface area contributed by atoms with Crippen molar-refractivity contribution in [2.75, 3.05) is 6.61 Å². The number of rotatable bonds is 10. The lowest BCUT2D eigenvalue weighted by atomic mass is 9.78. The van der Waals surface area contributed by atoms with Crippen LogP contribution >= 0.6 is 0 Å². The Labute approximate surface area is 262 Å². The van der Waals surface area contributed by atoms with Gasteiger partial charge in [0.1, 0.15) is 6.10 Å². The second-order valence-electron chi connectivity index (χ2n) is 12.0. The van der Waals surface area contributed by atoms with E-state index in [2.05, 4.69) is 0 Å². The van der Waals surface area contributed by atoms with Crippen LogP contribution < -0.4 is 4.74 Å². The molecule has 2 aliphatic rings. The molecule has 1 N–H and O–H groups in total. The van der Waals surface area contributed by atoms with E-state index in [9.17, 15) is 27.5 Å². The van der Waals surface area contributed by atoms with Gasteiger partial charge in [-0.25, -0.2) is 13.2 Å². The highest BCUT2D eigenvalue weighted by Crippen LogP contribution is 2.39. The molecule has 0 spiro atoms. The summed E-state index contributed by atoms with van der Waals surface area (Å²) >= 11 is 0. The molecule has 0 aliphatic heterocycles. The maximum atomic E-state index is 14.9. The third-order valence-electron chi connectivity index (χ3n) is 9.13. The van der Waals surface area contributed by atoms with Crippen molar-refractivity contribution >= 4 is 11.5 Å². The fourth-order valence-corrected chi connectivity index (χ4v) is 6.54. The normalized spacial score (nSPS) is 20.8. The first-order valence-electron chi connectivity index (χ1n) is 16.0. The summed E-state index contributed by atoms with van der Waals surface area (Å²) in [5.41, 5.74) is 2.69. The Morgan fingerprint density at radius 2 is 1.53 bits per heavy atom. The highest BCUT2D eigenvalue weighted by atomic mass is 19.2. The molecule has 0 heterocycles. The molecule has 0 amide bonds. The van der Waals surface area contributed by atoms with Crippen molar-refractivity contribution in [3.8, 4) is 16.9 Å². The predicted octanol–water partition coefficient (Wildman–Crippen LogP) is 9.60. The number of allylic oxidation sites excluding steroid dienone is 1. The second kappa shape index (κ2) is 14.6. The van der Waals surface area contributed by atoms with Crippen LogP contribution in [0.2, 0.25) is 0 Å². The Morgan fingerprint density at radius 3 is 2.18 bits per heavy atom. The average molecular weight is 625 g/mol. The Bertz CT molecular complexity index is 1530. The van der Waals surface area contributed by atoms with Crippen molar-refractivity contribution in [3.63, 3.8) is 0 Å². The molecule has 5 rings (SSSR count). The van der Waals surface area contributed by atoms with Gasteiger partial charge in [0, 0.05) is 23.1 Å². The number of aliphatic hydroxyl groups excluding tert-OH is 1. The van der Waals surface area contributed by atoms with Crippen LogP contribution in [0.4, 0.5) is 17.6 Å². The second-order valence-corrected chi connectivity index (χ2v) is 12.0. The number of carbonyl (C=O) groups is 1. The minimum Gasteiger partial charge on any atom is -0.491 e. The largest absolute Gasteiger partial charge is 0.491 e. The molecule has 3 aromatic rings. The van der Waals surface area contributed by atoms with Crippen molar-refractivity contribution < 1.29 is 36.9 Å². The quantitative estimate of drug-likeness (QED) is 0.180. The van der Waals surface area contributed by atoms with Gasteiger partial charge >= 0.3 is 5.97 Å². The number of hydrogen-bond donors (Lipinski definition) is 1. The first-order valence-corrected chi connectivity index (χ1v) is 16.0. The van der Waals surface area contributed by atoms with Gasteiger partial charge in [-0.05, 0) is 86.6 Å². The molecule has 240 valence electrons. The number of ether oxygens (including phenoxy) is 2. The number of halogens is 4. The molecule has 2 atom stereocenters. The number of esters is 1. The average Bonchev–Trinajstić information content (AvgIpc) is 3.05. The van der Waals surface area contributed by atoms with Crippen LogP contribution in [0, 0.1) is 29.2 Å². The van der Waals surface area contributed by atoms with Crippen LogP contribution in [0.25, 0.3) is 16.7 Å². The van der Waals surface area contributed by atoms with Crippen molar-refractivity contribution in [2.24, 2.45) is 5.92 Å². The minimum absolute atomic E-state index is 0.0240. The maximum absolute atomic E-state index is 14.9. The Kier molecular flexibility index (Phi) is 10.6. The van der Waals surface area contributed by atoms with Crippen LogP contribution in [-0.4, -0.2) is 23.8 Å². The highest BCUT2D eigenvalue weighted by molar-refractivity contribution is 5.73. The first-order chi connectivity index (χ1) is 21.7. The Morgan fingerprint density at radius 1 is 0.844 bits per heavy atom. The smallest absolute Gasteiger partial charge is 0.309 e. The molecule has 1 fully saturated rings. The summed E-state index contributed by atoms with van der Waals surface area (Å²) in [6, 6.07) is 13.4. The van der Waals surface area contributed by atoms with Crippen molar-refractivity contribution in [1.82, 2.24) is 0 Å². The van der Waals surface area contributed by atoms with Gasteiger partial charge in [-0.1, -0.05) is 55.8 Å². The van der Waals surface area contributed by atoms with Gasteiger partial charge < -0.3 is 14.6 Å². The van der Waals surface area contributed by atoms with Gasteiger partial charge in [0.2, 0.25) is 5.82 Å². The van der Waals surface area contributed by atoms with E-state index in [-0.39, 0.29) is 53.0 Å². The predicted molar refractivity (Wildman–Crippen MR) is 166 cm³/mol. The molecule has 0 radical (unpaired) electrons. The zero-order chi connectivity index (χ0) is 32.1. The van der Waals surface area contributed by atoms with E-state index in [0.717, 1.165) is 18.4 Å². The van der Waals surface area contributed by atoms with Gasteiger partial charge in [0.25, 0.3) is 0 Å². The van der Waals surface area contributed by atoms with Crippen LogP contribution in [-0.2, 0) is 9.53 Å². The zero-order valence-electron chi connectivity index (χ0n) is 25.8. The maximum Gasteiger partial charge on any atom is 0.309 e. The molecule has 2 unspecified atom stereocenters. The van der Waals surface area contributed by atoms with Gasteiger partial charge in [-0.3, -0.25) is 4.79 Å². The summed E-state index contributed by atoms with van der Waals surface area (Å²) < 4.78 is 69.5. The molecule has 45 heavy (non-hydrogen) atoms. The molecule has 3 aromatic carbocycles. The lowest BCUT2D eigenvalue weighted by Crippen LogP contribution is -2.28. The van der Waals surface area contributed by atoms with Crippen LogP contribution in [0.5, 0.6) is 5.75 Å². The van der Waals surface area contributed by atoms with E-state index in [0.29, 0.717) is 56.1 Å². The molecule has 0 saturated heterocycles. The number of benzene rings is 3. The summed E-state index contributed by atoms with van der Waals surface area (Å²) in [6.07, 6.45) is 5.92. The Hall–Kier alpha value is -3.65. The highest BCUT2D eigenvalue weighted by Gasteiger charge is 2.31. The SMILES string of the molecule is CCCC(O)c1ccc(C2=CCC(OC(=O)C3CCC(c4ccc(-c5ccc(OCC)c(F)c5F)cc4)CC3)CC2)c(F)c1F. The molecular formula is C37H40F4O4. The molecule has 4 nitrogen and oxygen atoms in total. The van der Waals surface area contributed by atoms with Gasteiger partial charge in [-0.15, -0.1) is 0 Å². The third-order valence-corrected chi connectivity index (χ3v) is 9.13. The number of hydrogen-bond acceptors (Lipinski definition) is 4. The molecular weight excluding hydrogens is 584 g/mol. The fourth-order valence-electron chi connectivity index (χ4n) is 6.54. The molecule has 8 heteroatoms. The first kappa shape index (κ1) is 32.7. The molecule has 2 aliphatic carbocycles. The zero-order valence-corrected chi connectivity index (χ0v) is 25.8. The monoisotopic (exact) mass is 624 g/mol. The van der Waals surface area contributed by atoms with Crippen molar-refractivity contribution in [1.29, 1.82) is 0 Å². The molecule has 0 bridgehead atoms. The van der Waals surface area contributed by atoms with Crippen LogP contribution in [0.3, 0.4) is 0 Å². The third kappa shape index (κ3) is 7.27. The molecule has 0 aromatic heterocycles. The fraction of sp³-hybridized carbons (Fsp3) is 0.432. The minimum atomic E-state index is -1.04. The van der Waals surface area contributed by atoms with Crippen LogP contribution in [0.15, 0.2) is 54.6 Å². The Balaban J connectivity index is 1.13. The van der Waals surface area contributed by atoms with E-state index >= 15 is 0 Å². The number of carbonyl (C=O) groups excluding carboxylic acids is 1. The number of aliphatic hydroxyl groups is 1. The van der Waals surface area contributed by atoms with Crippen LogP contribution in [0.1, 0.15) is 100 Å². The van der Waals surface area contributed by atoms with E-state index < -0.39 is 29.4 Å². The summed E-state index contributed by atoms with van der Waals surface area (Å²) in [5, 5.41) is 10.1. The summed E-state index contributed by atoms with van der Waals surface area (Å²) in [6.45, 7) is 3.83. The summed E-state index contributed by atoms with van der Waals surface area (Å²) in [5.74, 6) is -4.14. The van der Waals surface area contributed by atoms with E-state index in [1.54, 1.807) is 19.1 Å². The van der Waals surface area contributed by atoms with E-state index in [4.69, 9.17) is 9.47 Å². The van der Waals surface area contributed by atoms with Crippen molar-refractivity contribution in [2.45, 2.75) is 89.8 Å². The summed E-state index contributed by atoms with van der Waals surface area (Å²) in [4.78, 5) is 13.0. The van der Waals surface area contributed by atoms with Gasteiger partial charge in [0.05, 0.1) is 18.6 Å². The topological polar surface area (TPSA) is 55.8 Å². The molecule has 1 saturated carbocycles. The van der Waals surface area contributed by atoms with Gasteiger partial charge in [0.15, 0.2) is 23.2 Å². The van der Waals surface area contributed by atoms with E-state index in [1.807, 2.05) is 25.1 Å².